The number of nitrogens with one attached hydrogen (secondary N) is 1. The van der Waals surface area contributed by atoms with Gasteiger partial charge in [0.05, 0.1) is 18.5 Å². The van der Waals surface area contributed by atoms with E-state index in [-0.39, 0.29) is 35.3 Å². The van der Waals surface area contributed by atoms with Gasteiger partial charge in [0.1, 0.15) is 18.8 Å². The minimum absolute atomic E-state index is 0.164. The first-order chi connectivity index (χ1) is 14.2. The molecule has 0 saturated heterocycles. The van der Waals surface area contributed by atoms with Crippen LogP contribution < -0.4 is 19.1 Å². The van der Waals surface area contributed by atoms with Crippen LogP contribution in [0.25, 0.3) is 0 Å². The van der Waals surface area contributed by atoms with Gasteiger partial charge < -0.3 is 14.8 Å². The Morgan fingerprint density at radius 1 is 1.20 bits per heavy atom. The van der Waals surface area contributed by atoms with E-state index in [0.29, 0.717) is 11.5 Å². The summed E-state index contributed by atoms with van der Waals surface area (Å²) >= 11 is 12.1. The standard InChI is InChI=1S/C20H22Cl2N2O5S/c1-3-17(24(30(2,26)27)15-9-13(21)8-14(22)10-15)20(25)23-11-16-12-28-18-6-4-5-7-19(18)29-16/h4-10,16-17H,3,11-12H2,1-2H3,(H,23,25)/t16-,17-/m1/s1. The van der Waals surface area contributed by atoms with Crippen LogP contribution in [0.1, 0.15) is 13.3 Å². The van der Waals surface area contributed by atoms with Crippen molar-refractivity contribution in [1.82, 2.24) is 5.32 Å². The Labute approximate surface area is 185 Å². The smallest absolute Gasteiger partial charge is 0.244 e. The number of nitrogens with zero attached hydrogens (tertiary/aromatic N) is 1. The Morgan fingerprint density at radius 3 is 2.43 bits per heavy atom. The largest absolute Gasteiger partial charge is 0.486 e. The first-order valence-electron chi connectivity index (χ1n) is 9.30. The first kappa shape index (κ1) is 22.5. The van der Waals surface area contributed by atoms with Crippen LogP contribution in [-0.4, -0.2) is 45.9 Å². The van der Waals surface area contributed by atoms with Crippen molar-refractivity contribution in [2.24, 2.45) is 0 Å². The van der Waals surface area contributed by atoms with Gasteiger partial charge in [-0.15, -0.1) is 0 Å². The van der Waals surface area contributed by atoms with E-state index < -0.39 is 28.1 Å². The van der Waals surface area contributed by atoms with Crippen LogP contribution in [0.15, 0.2) is 42.5 Å². The quantitative estimate of drug-likeness (QED) is 0.666. The van der Waals surface area contributed by atoms with Crippen molar-refractivity contribution in [3.05, 3.63) is 52.5 Å². The zero-order valence-corrected chi connectivity index (χ0v) is 18.8. The number of hydrogen-bond acceptors (Lipinski definition) is 5. The zero-order chi connectivity index (χ0) is 21.9. The van der Waals surface area contributed by atoms with E-state index in [1.807, 2.05) is 12.1 Å². The molecule has 0 aliphatic carbocycles. The number of sulfonamides is 1. The summed E-state index contributed by atoms with van der Waals surface area (Å²) in [5.41, 5.74) is 0.225. The number of benzene rings is 2. The SMILES string of the molecule is CC[C@H](C(=O)NC[C@@H]1COc2ccccc2O1)N(c1cc(Cl)cc(Cl)c1)S(C)(=O)=O. The van der Waals surface area contributed by atoms with E-state index in [4.69, 9.17) is 32.7 Å². The number of anilines is 1. The number of para-hydroxylation sites is 2. The van der Waals surface area contributed by atoms with Gasteiger partial charge in [0.25, 0.3) is 0 Å². The van der Waals surface area contributed by atoms with Gasteiger partial charge in [0, 0.05) is 10.0 Å². The molecule has 10 heteroatoms. The Balaban J connectivity index is 1.75. The Morgan fingerprint density at radius 2 is 1.83 bits per heavy atom. The number of amides is 1. The van der Waals surface area contributed by atoms with Gasteiger partial charge in [-0.25, -0.2) is 8.42 Å². The van der Waals surface area contributed by atoms with Crippen molar-refractivity contribution < 1.29 is 22.7 Å². The molecule has 2 aromatic rings. The number of halogens is 2. The molecule has 162 valence electrons. The maximum absolute atomic E-state index is 12.9. The minimum Gasteiger partial charge on any atom is -0.486 e. The summed E-state index contributed by atoms with van der Waals surface area (Å²) in [5, 5.41) is 3.31. The molecule has 0 saturated carbocycles. The van der Waals surface area contributed by atoms with Crippen LogP contribution in [-0.2, 0) is 14.8 Å². The lowest BCUT2D eigenvalue weighted by molar-refractivity contribution is -0.122. The van der Waals surface area contributed by atoms with E-state index in [1.54, 1.807) is 19.1 Å². The number of carbonyl (C=O) groups is 1. The monoisotopic (exact) mass is 472 g/mol. The van der Waals surface area contributed by atoms with E-state index >= 15 is 0 Å². The van der Waals surface area contributed by atoms with Crippen LogP contribution in [0.3, 0.4) is 0 Å². The maximum Gasteiger partial charge on any atom is 0.244 e. The summed E-state index contributed by atoms with van der Waals surface area (Å²) in [6.45, 7) is 2.16. The maximum atomic E-state index is 12.9. The van der Waals surface area contributed by atoms with Gasteiger partial charge in [-0.3, -0.25) is 9.10 Å². The third-order valence-corrected chi connectivity index (χ3v) is 6.12. The van der Waals surface area contributed by atoms with Gasteiger partial charge in [0.2, 0.25) is 15.9 Å². The second-order valence-corrected chi connectivity index (χ2v) is 9.59. The Bertz CT molecular complexity index is 1010. The fraction of sp³-hybridized carbons (Fsp3) is 0.350. The first-order valence-corrected chi connectivity index (χ1v) is 11.9. The van der Waals surface area contributed by atoms with Gasteiger partial charge in [-0.05, 0) is 36.8 Å². The molecule has 1 amide bonds. The van der Waals surface area contributed by atoms with Crippen LogP contribution >= 0.6 is 23.2 Å². The molecule has 0 bridgehead atoms. The molecule has 0 spiro atoms. The summed E-state index contributed by atoms with van der Waals surface area (Å²) in [4.78, 5) is 12.9. The van der Waals surface area contributed by atoms with Crippen LogP contribution in [0.2, 0.25) is 10.0 Å². The summed E-state index contributed by atoms with van der Waals surface area (Å²) in [7, 11) is -3.79. The van der Waals surface area contributed by atoms with Crippen molar-refractivity contribution in [1.29, 1.82) is 0 Å². The fourth-order valence-corrected chi connectivity index (χ4v) is 4.93. The predicted octanol–water partition coefficient (Wildman–Crippen LogP) is 3.49. The number of rotatable bonds is 7. The van der Waals surface area contributed by atoms with Crippen molar-refractivity contribution in [2.75, 3.05) is 23.7 Å². The highest BCUT2D eigenvalue weighted by Crippen LogP contribution is 2.31. The van der Waals surface area contributed by atoms with Crippen molar-refractivity contribution in [3.63, 3.8) is 0 Å². The normalized spacial score (nSPS) is 16.6. The molecule has 0 fully saturated rings. The number of ether oxygens (including phenoxy) is 2. The summed E-state index contributed by atoms with van der Waals surface area (Å²) in [5.74, 6) is 0.787. The Kier molecular flexibility index (Phi) is 7.00. The van der Waals surface area contributed by atoms with Crippen molar-refractivity contribution in [3.8, 4) is 11.5 Å². The average molecular weight is 473 g/mol. The molecule has 2 aromatic carbocycles. The lowest BCUT2D eigenvalue weighted by Gasteiger charge is -2.31. The van der Waals surface area contributed by atoms with E-state index in [0.717, 1.165) is 10.6 Å². The fourth-order valence-electron chi connectivity index (χ4n) is 3.22. The summed E-state index contributed by atoms with van der Waals surface area (Å²) in [6, 6.07) is 10.7. The van der Waals surface area contributed by atoms with E-state index in [1.165, 1.54) is 18.2 Å². The van der Waals surface area contributed by atoms with Gasteiger partial charge in [-0.1, -0.05) is 42.3 Å². The number of hydrogen-bond donors (Lipinski definition) is 1. The summed E-state index contributed by atoms with van der Waals surface area (Å²) in [6.07, 6.45) is 0.884. The molecule has 7 nitrogen and oxygen atoms in total. The predicted molar refractivity (Wildman–Crippen MR) is 117 cm³/mol. The third kappa shape index (κ3) is 5.30. The molecule has 0 radical (unpaired) electrons. The second-order valence-electron chi connectivity index (χ2n) is 6.85. The highest BCUT2D eigenvalue weighted by Gasteiger charge is 2.32. The highest BCUT2D eigenvalue weighted by atomic mass is 35.5. The summed E-state index contributed by atoms with van der Waals surface area (Å²) < 4.78 is 37.5. The number of fused-ring (bicyclic) bond motifs is 1. The van der Waals surface area contributed by atoms with Crippen LogP contribution in [0.5, 0.6) is 11.5 Å². The van der Waals surface area contributed by atoms with Gasteiger partial charge >= 0.3 is 0 Å². The zero-order valence-electron chi connectivity index (χ0n) is 16.5. The molecule has 1 N–H and O–H groups in total. The lowest BCUT2D eigenvalue weighted by atomic mass is 10.2. The topological polar surface area (TPSA) is 84.9 Å². The van der Waals surface area contributed by atoms with E-state index in [2.05, 4.69) is 5.32 Å². The van der Waals surface area contributed by atoms with Gasteiger partial charge in [0.15, 0.2) is 11.5 Å². The molecule has 30 heavy (non-hydrogen) atoms. The molecule has 2 atom stereocenters. The molecule has 1 aliphatic heterocycles. The van der Waals surface area contributed by atoms with Gasteiger partial charge in [-0.2, -0.15) is 0 Å². The Hall–Kier alpha value is -2.16. The molecular weight excluding hydrogens is 451 g/mol. The van der Waals surface area contributed by atoms with Crippen LogP contribution in [0.4, 0.5) is 5.69 Å². The van der Waals surface area contributed by atoms with Crippen molar-refractivity contribution in [2.45, 2.75) is 25.5 Å². The minimum atomic E-state index is -3.79. The van der Waals surface area contributed by atoms with E-state index in [9.17, 15) is 13.2 Å². The molecule has 1 aliphatic rings. The average Bonchev–Trinajstić information content (AvgIpc) is 2.68. The third-order valence-electron chi connectivity index (χ3n) is 4.50. The van der Waals surface area contributed by atoms with Crippen molar-refractivity contribution >= 4 is 44.8 Å². The molecular formula is C20H22Cl2N2O5S. The molecule has 1 heterocycles. The van der Waals surface area contributed by atoms with Crippen LogP contribution in [0, 0.1) is 0 Å². The number of carbonyl (C=O) groups excluding carboxylic acids is 1. The molecule has 3 rings (SSSR count). The molecule has 0 unspecified atom stereocenters. The molecule has 0 aromatic heterocycles. The lowest BCUT2D eigenvalue weighted by Crippen LogP contribution is -2.51. The second kappa shape index (κ2) is 9.32. The highest BCUT2D eigenvalue weighted by molar-refractivity contribution is 7.92.